The van der Waals surface area contributed by atoms with E-state index in [0.29, 0.717) is 25.4 Å². The Kier molecular flexibility index (Phi) is 5.46. The van der Waals surface area contributed by atoms with E-state index in [0.717, 1.165) is 42.7 Å². The lowest BCUT2D eigenvalue weighted by atomic mass is 10.1. The van der Waals surface area contributed by atoms with E-state index in [1.807, 2.05) is 18.2 Å². The second-order valence-corrected chi connectivity index (χ2v) is 6.71. The van der Waals surface area contributed by atoms with E-state index in [1.165, 1.54) is 0 Å². The Hall–Kier alpha value is -2.24. The number of benzene rings is 1. The van der Waals surface area contributed by atoms with Crippen molar-refractivity contribution in [1.29, 1.82) is 0 Å². The molecule has 1 atom stereocenters. The minimum Gasteiger partial charge on any atom is -0.497 e. The van der Waals surface area contributed by atoms with Gasteiger partial charge in [-0.05, 0) is 55.9 Å². The fourth-order valence-corrected chi connectivity index (χ4v) is 3.33. The Balaban J connectivity index is 1.60. The maximum absolute atomic E-state index is 12.7. The summed E-state index contributed by atoms with van der Waals surface area (Å²) >= 11 is 0. The topological polar surface area (TPSA) is 67.9 Å². The standard InChI is InChI=1S/C19H26N2O4/c1-24-15-8-9-17(25-2)13(12-15)5-10-18(22)21-11-3-4-16(21)19(23)20-14-6-7-14/h8-9,12,14,16H,3-7,10-11H2,1-2H3,(H,20,23)/t16-/m1/s1. The maximum Gasteiger partial charge on any atom is 0.243 e. The van der Waals surface area contributed by atoms with Gasteiger partial charge in [0.25, 0.3) is 0 Å². The quantitative estimate of drug-likeness (QED) is 0.819. The van der Waals surface area contributed by atoms with Gasteiger partial charge >= 0.3 is 0 Å². The Bertz CT molecular complexity index is 642. The van der Waals surface area contributed by atoms with Crippen molar-refractivity contribution in [3.05, 3.63) is 23.8 Å². The number of hydrogen-bond donors (Lipinski definition) is 1. The second-order valence-electron chi connectivity index (χ2n) is 6.71. The molecule has 1 aromatic rings. The molecule has 2 fully saturated rings. The average molecular weight is 346 g/mol. The largest absolute Gasteiger partial charge is 0.497 e. The van der Waals surface area contributed by atoms with Crippen molar-refractivity contribution in [2.75, 3.05) is 20.8 Å². The lowest BCUT2D eigenvalue weighted by Crippen LogP contribution is -2.46. The van der Waals surface area contributed by atoms with Gasteiger partial charge in [0.1, 0.15) is 17.5 Å². The number of aryl methyl sites for hydroxylation is 1. The van der Waals surface area contributed by atoms with E-state index in [1.54, 1.807) is 19.1 Å². The van der Waals surface area contributed by atoms with Crippen LogP contribution in [0.5, 0.6) is 11.5 Å². The zero-order valence-corrected chi connectivity index (χ0v) is 14.9. The zero-order valence-electron chi connectivity index (χ0n) is 14.9. The van der Waals surface area contributed by atoms with Gasteiger partial charge in [0, 0.05) is 19.0 Å². The molecule has 3 rings (SSSR count). The summed E-state index contributed by atoms with van der Waals surface area (Å²) in [7, 11) is 3.23. The molecule has 2 aliphatic rings. The highest BCUT2D eigenvalue weighted by Crippen LogP contribution is 2.27. The number of carbonyl (C=O) groups is 2. The SMILES string of the molecule is COc1ccc(OC)c(CCC(=O)N2CCC[C@@H]2C(=O)NC2CC2)c1. The van der Waals surface area contributed by atoms with Crippen molar-refractivity contribution in [3.63, 3.8) is 0 Å². The van der Waals surface area contributed by atoms with Crippen LogP contribution in [0.25, 0.3) is 0 Å². The number of amides is 2. The Morgan fingerprint density at radius 1 is 1.20 bits per heavy atom. The Morgan fingerprint density at radius 3 is 2.68 bits per heavy atom. The molecule has 1 heterocycles. The lowest BCUT2D eigenvalue weighted by molar-refractivity contribution is -0.138. The normalized spacial score (nSPS) is 19.6. The van der Waals surface area contributed by atoms with Crippen molar-refractivity contribution in [2.45, 2.75) is 50.6 Å². The molecule has 0 bridgehead atoms. The van der Waals surface area contributed by atoms with Crippen LogP contribution in [0.3, 0.4) is 0 Å². The minimum atomic E-state index is -0.305. The van der Waals surface area contributed by atoms with Crippen LogP contribution < -0.4 is 14.8 Å². The van der Waals surface area contributed by atoms with E-state index in [4.69, 9.17) is 9.47 Å². The summed E-state index contributed by atoms with van der Waals surface area (Å²) in [5.41, 5.74) is 0.938. The van der Waals surface area contributed by atoms with Gasteiger partial charge < -0.3 is 19.7 Å². The number of nitrogens with zero attached hydrogens (tertiary/aromatic N) is 1. The van der Waals surface area contributed by atoms with Crippen LogP contribution in [0.1, 0.15) is 37.7 Å². The van der Waals surface area contributed by atoms with Crippen LogP contribution in [-0.2, 0) is 16.0 Å². The van der Waals surface area contributed by atoms with Gasteiger partial charge in [-0.15, -0.1) is 0 Å². The molecule has 2 amide bonds. The van der Waals surface area contributed by atoms with Crippen molar-refractivity contribution in [3.8, 4) is 11.5 Å². The summed E-state index contributed by atoms with van der Waals surface area (Å²) < 4.78 is 10.6. The molecule has 0 aromatic heterocycles. The first-order valence-electron chi connectivity index (χ1n) is 8.93. The van der Waals surface area contributed by atoms with Crippen LogP contribution in [-0.4, -0.2) is 49.6 Å². The molecule has 136 valence electrons. The van der Waals surface area contributed by atoms with Gasteiger partial charge in [0.05, 0.1) is 14.2 Å². The fraction of sp³-hybridized carbons (Fsp3) is 0.579. The van der Waals surface area contributed by atoms with Crippen molar-refractivity contribution in [2.24, 2.45) is 0 Å². The van der Waals surface area contributed by atoms with Crippen LogP contribution in [0.15, 0.2) is 18.2 Å². The third-order valence-corrected chi connectivity index (χ3v) is 4.90. The predicted octanol–water partition coefficient (Wildman–Crippen LogP) is 1.91. The van der Waals surface area contributed by atoms with Crippen LogP contribution in [0.2, 0.25) is 0 Å². The van der Waals surface area contributed by atoms with Crippen molar-refractivity contribution in [1.82, 2.24) is 10.2 Å². The van der Waals surface area contributed by atoms with E-state index in [2.05, 4.69) is 5.32 Å². The Morgan fingerprint density at radius 2 is 2.00 bits per heavy atom. The van der Waals surface area contributed by atoms with Crippen LogP contribution >= 0.6 is 0 Å². The summed E-state index contributed by atoms with van der Waals surface area (Å²) in [6, 6.07) is 5.60. The summed E-state index contributed by atoms with van der Waals surface area (Å²) in [5, 5.41) is 3.02. The molecule has 1 aliphatic carbocycles. The predicted molar refractivity (Wildman–Crippen MR) is 93.8 cm³/mol. The van der Waals surface area contributed by atoms with Gasteiger partial charge in [0.15, 0.2) is 0 Å². The minimum absolute atomic E-state index is 0.00677. The molecule has 25 heavy (non-hydrogen) atoms. The van der Waals surface area contributed by atoms with Crippen molar-refractivity contribution >= 4 is 11.8 Å². The highest BCUT2D eigenvalue weighted by Gasteiger charge is 2.36. The number of carbonyl (C=O) groups excluding carboxylic acids is 2. The van der Waals surface area contributed by atoms with Gasteiger partial charge in [-0.1, -0.05) is 0 Å². The zero-order chi connectivity index (χ0) is 17.8. The highest BCUT2D eigenvalue weighted by molar-refractivity contribution is 5.88. The van der Waals surface area contributed by atoms with Gasteiger partial charge in [-0.25, -0.2) is 0 Å². The second kappa shape index (κ2) is 7.76. The Labute approximate surface area is 148 Å². The van der Waals surface area contributed by atoms with Crippen LogP contribution in [0, 0.1) is 0 Å². The van der Waals surface area contributed by atoms with Gasteiger partial charge in [-0.2, -0.15) is 0 Å². The smallest absolute Gasteiger partial charge is 0.243 e. The third kappa shape index (κ3) is 4.24. The molecule has 6 heteroatoms. The summed E-state index contributed by atoms with van der Waals surface area (Å²) in [6.45, 7) is 0.664. The lowest BCUT2D eigenvalue weighted by Gasteiger charge is -2.24. The molecule has 1 N–H and O–H groups in total. The summed E-state index contributed by atoms with van der Waals surface area (Å²) in [4.78, 5) is 26.7. The fourth-order valence-electron chi connectivity index (χ4n) is 3.33. The molecule has 0 unspecified atom stereocenters. The molecular formula is C19H26N2O4. The first kappa shape index (κ1) is 17.6. The first-order valence-corrected chi connectivity index (χ1v) is 8.93. The van der Waals surface area contributed by atoms with Gasteiger partial charge in [-0.3, -0.25) is 9.59 Å². The number of ether oxygens (including phenoxy) is 2. The molecule has 1 aromatic carbocycles. The van der Waals surface area contributed by atoms with E-state index < -0.39 is 0 Å². The molecule has 0 radical (unpaired) electrons. The average Bonchev–Trinajstić information content (AvgIpc) is 3.30. The highest BCUT2D eigenvalue weighted by atomic mass is 16.5. The number of likely N-dealkylation sites (tertiary alicyclic amines) is 1. The number of methoxy groups -OCH3 is 2. The van der Waals surface area contributed by atoms with Gasteiger partial charge in [0.2, 0.25) is 11.8 Å². The number of hydrogen-bond acceptors (Lipinski definition) is 4. The maximum atomic E-state index is 12.7. The molecular weight excluding hydrogens is 320 g/mol. The molecule has 1 saturated carbocycles. The molecule has 0 spiro atoms. The molecule has 6 nitrogen and oxygen atoms in total. The van der Waals surface area contributed by atoms with E-state index >= 15 is 0 Å². The monoisotopic (exact) mass is 346 g/mol. The molecule has 1 aliphatic heterocycles. The third-order valence-electron chi connectivity index (χ3n) is 4.90. The number of nitrogens with one attached hydrogen (secondary N) is 1. The van der Waals surface area contributed by atoms with E-state index in [9.17, 15) is 9.59 Å². The molecule has 1 saturated heterocycles. The van der Waals surface area contributed by atoms with Crippen molar-refractivity contribution < 1.29 is 19.1 Å². The van der Waals surface area contributed by atoms with Crippen LogP contribution in [0.4, 0.5) is 0 Å². The first-order chi connectivity index (χ1) is 12.1. The summed E-state index contributed by atoms with van der Waals surface area (Å²) in [6.07, 6.45) is 4.68. The summed E-state index contributed by atoms with van der Waals surface area (Å²) in [5.74, 6) is 1.52. The van der Waals surface area contributed by atoms with E-state index in [-0.39, 0.29) is 17.9 Å². The number of rotatable bonds is 7.